The van der Waals surface area contributed by atoms with Crippen LogP contribution in [0, 0.1) is 0 Å². The van der Waals surface area contributed by atoms with Crippen LogP contribution in [-0.4, -0.2) is 47.8 Å². The van der Waals surface area contributed by atoms with E-state index >= 15 is 0 Å². The summed E-state index contributed by atoms with van der Waals surface area (Å²) in [6.45, 7) is 6.60. The van der Waals surface area contributed by atoms with Gasteiger partial charge in [0, 0.05) is 13.2 Å². The topological polar surface area (TPSA) is 49.8 Å². The average molecular weight is 280 g/mol. The molecular formula is C13H26ClNO3. The molecule has 1 rings (SSSR count). The summed E-state index contributed by atoms with van der Waals surface area (Å²) in [6.07, 6.45) is 5.11. The minimum atomic E-state index is -0.694. The summed E-state index contributed by atoms with van der Waals surface area (Å²) in [6, 6.07) is -0.320. The highest BCUT2D eigenvalue weighted by molar-refractivity contribution is 5.85. The number of nitrogens with zero attached hydrogens (tertiary/aromatic N) is 1. The Bertz CT molecular complexity index is 238. The first-order valence-corrected chi connectivity index (χ1v) is 6.77. The third-order valence-corrected chi connectivity index (χ3v) is 3.38. The van der Waals surface area contributed by atoms with Gasteiger partial charge < -0.3 is 9.84 Å². The Labute approximate surface area is 116 Å². The van der Waals surface area contributed by atoms with Crippen molar-refractivity contribution in [1.82, 2.24) is 4.90 Å². The van der Waals surface area contributed by atoms with E-state index in [9.17, 15) is 4.79 Å². The van der Waals surface area contributed by atoms with Crippen LogP contribution in [0.4, 0.5) is 0 Å². The van der Waals surface area contributed by atoms with Crippen LogP contribution in [0.3, 0.4) is 0 Å². The largest absolute Gasteiger partial charge is 0.480 e. The fraction of sp³-hybridized carbons (Fsp3) is 0.923. The van der Waals surface area contributed by atoms with E-state index < -0.39 is 5.97 Å². The van der Waals surface area contributed by atoms with Crippen LogP contribution in [0.2, 0.25) is 0 Å². The lowest BCUT2D eigenvalue weighted by molar-refractivity contribution is -0.143. The van der Waals surface area contributed by atoms with E-state index in [-0.39, 0.29) is 18.4 Å². The summed E-state index contributed by atoms with van der Waals surface area (Å²) in [5.74, 6) is -0.694. The third kappa shape index (κ3) is 5.55. The fourth-order valence-corrected chi connectivity index (χ4v) is 2.44. The van der Waals surface area contributed by atoms with Crippen molar-refractivity contribution < 1.29 is 14.6 Å². The molecule has 1 aliphatic rings. The molecule has 2 atom stereocenters. The molecule has 0 radical (unpaired) electrons. The second-order valence-electron chi connectivity index (χ2n) is 4.72. The van der Waals surface area contributed by atoms with E-state index in [1.54, 1.807) is 0 Å². The number of halogens is 1. The number of carboxylic acid groups (broad SMARTS) is 1. The van der Waals surface area contributed by atoms with Crippen molar-refractivity contribution in [2.75, 3.05) is 19.7 Å². The van der Waals surface area contributed by atoms with Gasteiger partial charge in [-0.2, -0.15) is 0 Å². The van der Waals surface area contributed by atoms with Crippen LogP contribution in [0.15, 0.2) is 0 Å². The molecule has 1 N–H and O–H groups in total. The number of hydrogen-bond donors (Lipinski definition) is 1. The molecule has 0 aliphatic carbocycles. The molecule has 0 spiro atoms. The second-order valence-corrected chi connectivity index (χ2v) is 4.72. The van der Waals surface area contributed by atoms with Gasteiger partial charge >= 0.3 is 5.97 Å². The number of hydrogen-bond acceptors (Lipinski definition) is 3. The smallest absolute Gasteiger partial charge is 0.320 e. The molecular weight excluding hydrogens is 254 g/mol. The van der Waals surface area contributed by atoms with Crippen molar-refractivity contribution in [3.8, 4) is 0 Å². The molecule has 2 unspecified atom stereocenters. The number of carboxylic acids is 1. The van der Waals surface area contributed by atoms with Crippen molar-refractivity contribution in [1.29, 1.82) is 0 Å². The van der Waals surface area contributed by atoms with Crippen molar-refractivity contribution in [3.05, 3.63) is 0 Å². The average Bonchev–Trinajstić information content (AvgIpc) is 2.53. The zero-order valence-corrected chi connectivity index (χ0v) is 12.2. The highest BCUT2D eigenvalue weighted by Crippen LogP contribution is 2.17. The van der Waals surface area contributed by atoms with Crippen molar-refractivity contribution in [3.63, 3.8) is 0 Å². The normalized spacial score (nSPS) is 22.9. The van der Waals surface area contributed by atoms with E-state index in [4.69, 9.17) is 9.84 Å². The zero-order valence-electron chi connectivity index (χ0n) is 11.4. The molecule has 1 aliphatic heterocycles. The molecule has 0 aromatic heterocycles. The molecule has 4 nitrogen and oxygen atoms in total. The molecule has 1 fully saturated rings. The van der Waals surface area contributed by atoms with Crippen molar-refractivity contribution in [2.24, 2.45) is 0 Å². The molecule has 0 amide bonds. The van der Waals surface area contributed by atoms with Crippen LogP contribution < -0.4 is 0 Å². The Morgan fingerprint density at radius 1 is 1.39 bits per heavy atom. The Hall–Kier alpha value is -0.320. The number of rotatable bonds is 6. The van der Waals surface area contributed by atoms with Crippen LogP contribution in [0.1, 0.15) is 46.0 Å². The molecule has 5 heteroatoms. The summed E-state index contributed by atoms with van der Waals surface area (Å²) >= 11 is 0. The van der Waals surface area contributed by atoms with Gasteiger partial charge in [0.25, 0.3) is 0 Å². The van der Waals surface area contributed by atoms with Crippen molar-refractivity contribution >= 4 is 18.4 Å². The van der Waals surface area contributed by atoms with E-state index in [1.807, 2.05) is 6.92 Å². The lowest BCUT2D eigenvalue weighted by Crippen LogP contribution is -2.41. The summed E-state index contributed by atoms with van der Waals surface area (Å²) < 4.78 is 5.76. The number of likely N-dealkylation sites (tertiary alicyclic amines) is 1. The number of aliphatic carboxylic acids is 1. The molecule has 0 bridgehead atoms. The van der Waals surface area contributed by atoms with Crippen molar-refractivity contribution in [2.45, 2.75) is 58.1 Å². The van der Waals surface area contributed by atoms with Gasteiger partial charge in [-0.25, -0.2) is 0 Å². The van der Waals surface area contributed by atoms with Gasteiger partial charge in [0.05, 0.1) is 6.10 Å². The third-order valence-electron chi connectivity index (χ3n) is 3.38. The first kappa shape index (κ1) is 17.7. The predicted molar refractivity (Wildman–Crippen MR) is 74.4 cm³/mol. The Morgan fingerprint density at radius 3 is 2.67 bits per heavy atom. The van der Waals surface area contributed by atoms with E-state index in [0.29, 0.717) is 12.5 Å². The summed E-state index contributed by atoms with van der Waals surface area (Å²) in [5.41, 5.74) is 0. The Morgan fingerprint density at radius 2 is 2.11 bits per heavy atom. The van der Waals surface area contributed by atoms with Gasteiger partial charge in [-0.3, -0.25) is 9.69 Å². The van der Waals surface area contributed by atoms with Gasteiger partial charge in [0.1, 0.15) is 6.04 Å². The lowest BCUT2D eigenvalue weighted by Gasteiger charge is -2.26. The minimum Gasteiger partial charge on any atom is -0.480 e. The van der Waals surface area contributed by atoms with E-state index in [0.717, 1.165) is 45.4 Å². The number of carbonyl (C=O) groups is 1. The maximum Gasteiger partial charge on any atom is 0.320 e. The van der Waals surface area contributed by atoms with Gasteiger partial charge in [0.2, 0.25) is 0 Å². The molecule has 1 heterocycles. The maximum absolute atomic E-state index is 11.1. The molecule has 108 valence electrons. The minimum absolute atomic E-state index is 0. The van der Waals surface area contributed by atoms with Crippen LogP contribution in [0.25, 0.3) is 0 Å². The zero-order chi connectivity index (χ0) is 12.7. The molecule has 0 aromatic carbocycles. The quantitative estimate of drug-likeness (QED) is 0.812. The maximum atomic E-state index is 11.1. The monoisotopic (exact) mass is 279 g/mol. The second kappa shape index (κ2) is 9.59. The summed E-state index contributed by atoms with van der Waals surface area (Å²) in [7, 11) is 0. The number of ether oxygens (including phenoxy) is 1. The van der Waals surface area contributed by atoms with Crippen LogP contribution in [0.5, 0.6) is 0 Å². The SMILES string of the molecule is CCCOC1CCCN(C(CC)C(=O)O)CC1.Cl. The molecule has 0 aromatic rings. The summed E-state index contributed by atoms with van der Waals surface area (Å²) in [5, 5.41) is 9.15. The fourth-order valence-electron chi connectivity index (χ4n) is 2.44. The Kier molecular flexibility index (Phi) is 9.42. The van der Waals surface area contributed by atoms with Gasteiger partial charge in [-0.15, -0.1) is 12.4 Å². The molecule has 1 saturated heterocycles. The first-order valence-electron chi connectivity index (χ1n) is 6.77. The van der Waals surface area contributed by atoms with Gasteiger partial charge in [0.15, 0.2) is 0 Å². The lowest BCUT2D eigenvalue weighted by atomic mass is 10.1. The molecule has 18 heavy (non-hydrogen) atoms. The highest BCUT2D eigenvalue weighted by atomic mass is 35.5. The standard InChI is InChI=1S/C13H25NO3.ClH/c1-3-10-17-11-6-5-8-14(9-7-11)12(4-2)13(15)16;/h11-12H,3-10H2,1-2H3,(H,15,16);1H. The van der Waals surface area contributed by atoms with Crippen LogP contribution in [-0.2, 0) is 9.53 Å². The van der Waals surface area contributed by atoms with Gasteiger partial charge in [-0.05, 0) is 38.6 Å². The first-order chi connectivity index (χ1) is 8.19. The van der Waals surface area contributed by atoms with Gasteiger partial charge in [-0.1, -0.05) is 13.8 Å². The Balaban J connectivity index is 0.00000289. The van der Waals surface area contributed by atoms with E-state index in [2.05, 4.69) is 11.8 Å². The van der Waals surface area contributed by atoms with Crippen LogP contribution >= 0.6 is 12.4 Å². The predicted octanol–water partition coefficient (Wildman–Crippen LogP) is 2.55. The summed E-state index contributed by atoms with van der Waals surface area (Å²) in [4.78, 5) is 13.2. The van der Waals surface area contributed by atoms with E-state index in [1.165, 1.54) is 0 Å². The molecule has 0 saturated carbocycles. The highest BCUT2D eigenvalue weighted by Gasteiger charge is 2.26.